The van der Waals surface area contributed by atoms with Crippen LogP contribution in [-0.2, 0) is 13.1 Å². The molecule has 2 aromatic heterocycles. The molecule has 0 saturated carbocycles. The smallest absolute Gasteiger partial charge is 0.129 e. The Kier molecular flexibility index (Phi) is 4.17. The summed E-state index contributed by atoms with van der Waals surface area (Å²) in [5.74, 6) is 0. The number of hydrogen-bond donors (Lipinski definition) is 1. The van der Waals surface area contributed by atoms with Gasteiger partial charge in [-0.25, -0.2) is 4.98 Å². The summed E-state index contributed by atoms with van der Waals surface area (Å²) in [5.41, 5.74) is 3.30. The van der Waals surface area contributed by atoms with Gasteiger partial charge in [0.05, 0.1) is 24.6 Å². The van der Waals surface area contributed by atoms with Crippen LogP contribution in [0.15, 0.2) is 61.1 Å². The minimum atomic E-state index is 0.497. The van der Waals surface area contributed by atoms with Crippen LogP contribution in [0.3, 0.4) is 0 Å². The minimum absolute atomic E-state index is 0.497. The average Bonchev–Trinajstić information content (AvgIpc) is 2.95. The number of nitrogens with one attached hydrogen (secondary N) is 1. The molecule has 0 saturated heterocycles. The van der Waals surface area contributed by atoms with Crippen molar-refractivity contribution in [2.75, 3.05) is 5.32 Å². The van der Waals surface area contributed by atoms with E-state index in [1.807, 2.05) is 41.3 Å². The van der Waals surface area contributed by atoms with Crippen LogP contribution in [-0.4, -0.2) is 14.8 Å². The topological polar surface area (TPSA) is 42.7 Å². The van der Waals surface area contributed by atoms with Gasteiger partial charge in [-0.2, -0.15) is 5.10 Å². The molecule has 0 aliphatic heterocycles. The fraction of sp³-hybridized carbons (Fsp3) is 0.125. The van der Waals surface area contributed by atoms with Gasteiger partial charge in [0.15, 0.2) is 0 Å². The first-order valence-corrected chi connectivity index (χ1v) is 7.08. The third kappa shape index (κ3) is 3.83. The van der Waals surface area contributed by atoms with Crippen LogP contribution in [0.4, 0.5) is 5.69 Å². The Labute approximate surface area is 128 Å². The van der Waals surface area contributed by atoms with Gasteiger partial charge < -0.3 is 5.32 Å². The highest BCUT2D eigenvalue weighted by molar-refractivity contribution is 6.29. The molecule has 106 valence electrons. The maximum atomic E-state index is 5.76. The summed E-state index contributed by atoms with van der Waals surface area (Å²) in [6, 6.07) is 14.0. The van der Waals surface area contributed by atoms with Gasteiger partial charge >= 0.3 is 0 Å². The van der Waals surface area contributed by atoms with E-state index in [1.165, 1.54) is 5.56 Å². The molecule has 0 unspecified atom stereocenters. The Bertz CT molecular complexity index is 692. The summed E-state index contributed by atoms with van der Waals surface area (Å²) in [5, 5.41) is 8.17. The lowest BCUT2D eigenvalue weighted by Gasteiger charge is -2.04. The van der Waals surface area contributed by atoms with E-state index in [0.717, 1.165) is 17.8 Å². The molecule has 2 heterocycles. The van der Waals surface area contributed by atoms with Crippen molar-refractivity contribution >= 4 is 17.3 Å². The fourth-order valence-electron chi connectivity index (χ4n) is 2.04. The molecule has 1 N–H and O–H groups in total. The van der Waals surface area contributed by atoms with Crippen molar-refractivity contribution < 1.29 is 0 Å². The van der Waals surface area contributed by atoms with Gasteiger partial charge in [0, 0.05) is 18.3 Å². The van der Waals surface area contributed by atoms with Crippen LogP contribution in [0.2, 0.25) is 5.15 Å². The maximum absolute atomic E-state index is 5.76. The second kappa shape index (κ2) is 6.41. The number of anilines is 1. The molecule has 5 heteroatoms. The molecule has 0 aliphatic carbocycles. The first kappa shape index (κ1) is 13.6. The molecular formula is C16H15ClN4. The van der Waals surface area contributed by atoms with Gasteiger partial charge in [-0.3, -0.25) is 4.68 Å². The number of halogens is 1. The van der Waals surface area contributed by atoms with E-state index in [2.05, 4.69) is 27.5 Å². The number of aromatic nitrogens is 3. The van der Waals surface area contributed by atoms with Gasteiger partial charge in [0.25, 0.3) is 0 Å². The summed E-state index contributed by atoms with van der Waals surface area (Å²) < 4.78 is 1.94. The SMILES string of the molecule is Clc1ccc(NCc2cnn(Cc3ccccc3)c2)cn1. The van der Waals surface area contributed by atoms with Crippen molar-refractivity contribution in [3.63, 3.8) is 0 Å². The molecule has 0 radical (unpaired) electrons. The lowest BCUT2D eigenvalue weighted by molar-refractivity contribution is 0.686. The van der Waals surface area contributed by atoms with Crippen molar-refractivity contribution in [3.8, 4) is 0 Å². The van der Waals surface area contributed by atoms with E-state index in [9.17, 15) is 0 Å². The molecule has 4 nitrogen and oxygen atoms in total. The molecule has 3 rings (SSSR count). The zero-order valence-corrected chi connectivity index (χ0v) is 12.2. The normalized spacial score (nSPS) is 10.5. The molecule has 21 heavy (non-hydrogen) atoms. The average molecular weight is 299 g/mol. The Morgan fingerprint density at radius 1 is 1.00 bits per heavy atom. The third-order valence-electron chi connectivity index (χ3n) is 3.10. The number of nitrogens with zero attached hydrogens (tertiary/aromatic N) is 3. The Morgan fingerprint density at radius 2 is 1.86 bits per heavy atom. The molecule has 0 atom stereocenters. The van der Waals surface area contributed by atoms with Crippen molar-refractivity contribution in [1.82, 2.24) is 14.8 Å². The molecule has 0 aliphatic rings. The van der Waals surface area contributed by atoms with E-state index in [4.69, 9.17) is 11.6 Å². The Hall–Kier alpha value is -2.33. The summed E-state index contributed by atoms with van der Waals surface area (Å²) in [6.07, 6.45) is 5.64. The summed E-state index contributed by atoms with van der Waals surface area (Å²) in [7, 11) is 0. The zero-order valence-electron chi connectivity index (χ0n) is 11.4. The van der Waals surface area contributed by atoms with Crippen LogP contribution in [0.1, 0.15) is 11.1 Å². The van der Waals surface area contributed by atoms with Gasteiger partial charge in [-0.1, -0.05) is 41.9 Å². The second-order valence-corrected chi connectivity index (χ2v) is 5.14. The highest BCUT2D eigenvalue weighted by Gasteiger charge is 2.00. The summed E-state index contributed by atoms with van der Waals surface area (Å²) in [4.78, 5) is 4.03. The van der Waals surface area contributed by atoms with Crippen LogP contribution >= 0.6 is 11.6 Å². The van der Waals surface area contributed by atoms with Crippen molar-refractivity contribution in [2.45, 2.75) is 13.1 Å². The monoisotopic (exact) mass is 298 g/mol. The molecule has 0 spiro atoms. The van der Waals surface area contributed by atoms with Gasteiger partial charge in [0.2, 0.25) is 0 Å². The second-order valence-electron chi connectivity index (χ2n) is 4.75. The highest BCUT2D eigenvalue weighted by atomic mass is 35.5. The largest absolute Gasteiger partial charge is 0.380 e. The molecule has 1 aromatic carbocycles. The predicted molar refractivity (Wildman–Crippen MR) is 84.3 cm³/mol. The highest BCUT2D eigenvalue weighted by Crippen LogP contribution is 2.11. The lowest BCUT2D eigenvalue weighted by atomic mass is 10.2. The van der Waals surface area contributed by atoms with E-state index in [-0.39, 0.29) is 0 Å². The van der Waals surface area contributed by atoms with Crippen LogP contribution in [0.25, 0.3) is 0 Å². The van der Waals surface area contributed by atoms with Gasteiger partial charge in [-0.15, -0.1) is 0 Å². The number of rotatable bonds is 5. The van der Waals surface area contributed by atoms with E-state index in [1.54, 1.807) is 12.3 Å². The van der Waals surface area contributed by atoms with E-state index < -0.39 is 0 Å². The van der Waals surface area contributed by atoms with Crippen molar-refractivity contribution in [2.24, 2.45) is 0 Å². The molecule has 3 aromatic rings. The number of hydrogen-bond acceptors (Lipinski definition) is 3. The predicted octanol–water partition coefficient (Wildman–Crippen LogP) is 3.59. The Balaban J connectivity index is 1.59. The summed E-state index contributed by atoms with van der Waals surface area (Å²) in [6.45, 7) is 1.49. The molecule has 0 bridgehead atoms. The lowest BCUT2D eigenvalue weighted by Crippen LogP contribution is -2.00. The first-order valence-electron chi connectivity index (χ1n) is 6.70. The van der Waals surface area contributed by atoms with Gasteiger partial charge in [0.1, 0.15) is 5.15 Å². The zero-order chi connectivity index (χ0) is 14.5. The van der Waals surface area contributed by atoms with E-state index in [0.29, 0.717) is 11.7 Å². The van der Waals surface area contributed by atoms with Crippen LogP contribution < -0.4 is 5.32 Å². The van der Waals surface area contributed by atoms with Crippen molar-refractivity contribution in [1.29, 1.82) is 0 Å². The third-order valence-corrected chi connectivity index (χ3v) is 3.32. The van der Waals surface area contributed by atoms with Crippen LogP contribution in [0.5, 0.6) is 0 Å². The maximum Gasteiger partial charge on any atom is 0.129 e. The van der Waals surface area contributed by atoms with Crippen LogP contribution in [0, 0.1) is 0 Å². The molecule has 0 amide bonds. The number of pyridine rings is 1. The quantitative estimate of drug-likeness (QED) is 0.732. The first-order chi connectivity index (χ1) is 10.3. The van der Waals surface area contributed by atoms with E-state index >= 15 is 0 Å². The Morgan fingerprint density at radius 3 is 2.62 bits per heavy atom. The summed E-state index contributed by atoms with van der Waals surface area (Å²) >= 11 is 5.76. The standard InChI is InChI=1S/C16H15ClN4/c17-16-7-6-15(10-19-16)18-8-14-9-20-21(12-14)11-13-4-2-1-3-5-13/h1-7,9-10,12,18H,8,11H2. The minimum Gasteiger partial charge on any atom is -0.380 e. The van der Waals surface area contributed by atoms with Crippen molar-refractivity contribution in [3.05, 3.63) is 77.3 Å². The van der Waals surface area contributed by atoms with Gasteiger partial charge in [-0.05, 0) is 17.7 Å². The fourth-order valence-corrected chi connectivity index (χ4v) is 2.15. The molecule has 0 fully saturated rings. The molecular weight excluding hydrogens is 284 g/mol. The number of benzene rings is 1.